The van der Waals surface area contributed by atoms with E-state index in [-0.39, 0.29) is 5.75 Å². The maximum absolute atomic E-state index is 8.79. The van der Waals surface area contributed by atoms with Crippen molar-refractivity contribution in [3.05, 3.63) is 60.2 Å². The molecule has 0 aromatic heterocycles. The van der Waals surface area contributed by atoms with Crippen molar-refractivity contribution in [2.45, 2.75) is 19.8 Å². The van der Waals surface area contributed by atoms with Crippen molar-refractivity contribution in [2.75, 3.05) is 5.73 Å². The molecule has 0 amide bonds. The number of nitrogen functional groups attached to an aromatic ring is 1. The molecule has 0 aliphatic rings. The van der Waals surface area contributed by atoms with Gasteiger partial charge in [-0.05, 0) is 24.1 Å². The van der Waals surface area contributed by atoms with Crippen molar-refractivity contribution in [2.24, 2.45) is 0 Å². The van der Waals surface area contributed by atoms with Gasteiger partial charge in [0.05, 0.1) is 5.69 Å². The molecule has 0 atom stereocenters. The Kier molecular flexibility index (Phi) is 5.66. The normalized spacial score (nSPS) is 9.24. The molecule has 0 saturated heterocycles. The van der Waals surface area contributed by atoms with E-state index in [1.54, 1.807) is 24.3 Å². The van der Waals surface area contributed by atoms with Crippen LogP contribution in [0.15, 0.2) is 54.6 Å². The van der Waals surface area contributed by atoms with Gasteiger partial charge in [0.1, 0.15) is 5.75 Å². The second-order valence-electron chi connectivity index (χ2n) is 3.79. The predicted molar refractivity (Wildman–Crippen MR) is 73.0 cm³/mol. The van der Waals surface area contributed by atoms with Gasteiger partial charge in [-0.15, -0.1) is 0 Å². The Bertz CT molecular complexity index is 405. The van der Waals surface area contributed by atoms with Crippen LogP contribution in [0.4, 0.5) is 5.69 Å². The van der Waals surface area contributed by atoms with Gasteiger partial charge in [-0.2, -0.15) is 0 Å². The first-order chi connectivity index (χ1) is 8.24. The molecule has 2 rings (SSSR count). The first-order valence-electron chi connectivity index (χ1n) is 5.81. The second-order valence-corrected chi connectivity index (χ2v) is 3.79. The smallest absolute Gasteiger partial charge is 0.138 e. The molecule has 0 unspecified atom stereocenters. The number of nitrogens with two attached hydrogens (primary N) is 1. The summed E-state index contributed by atoms with van der Waals surface area (Å²) in [6, 6.07) is 17.3. The summed E-state index contributed by atoms with van der Waals surface area (Å²) in [5.41, 5.74) is 7.14. The van der Waals surface area contributed by atoms with Crippen LogP contribution in [0.3, 0.4) is 0 Å². The molecule has 0 saturated carbocycles. The highest BCUT2D eigenvalue weighted by Gasteiger charge is 1.87. The molecule has 90 valence electrons. The van der Waals surface area contributed by atoms with E-state index in [1.807, 2.05) is 0 Å². The Labute approximate surface area is 103 Å². The van der Waals surface area contributed by atoms with Crippen molar-refractivity contribution >= 4 is 5.69 Å². The highest BCUT2D eigenvalue weighted by molar-refractivity contribution is 5.50. The van der Waals surface area contributed by atoms with Crippen LogP contribution in [0.2, 0.25) is 0 Å². The molecule has 2 aromatic rings. The van der Waals surface area contributed by atoms with Crippen molar-refractivity contribution in [1.29, 1.82) is 0 Å². The molecule has 0 radical (unpaired) electrons. The summed E-state index contributed by atoms with van der Waals surface area (Å²) in [5, 5.41) is 8.79. The average molecular weight is 229 g/mol. The largest absolute Gasteiger partial charge is 0.506 e. The number of aryl methyl sites for hydroxylation is 1. The van der Waals surface area contributed by atoms with Crippen LogP contribution >= 0.6 is 0 Å². The fourth-order valence-electron chi connectivity index (χ4n) is 1.42. The SMILES string of the molecule is CCCc1ccccc1.Nc1ccccc1O. The second kappa shape index (κ2) is 7.34. The summed E-state index contributed by atoms with van der Waals surface area (Å²) in [5.74, 6) is 0.146. The first kappa shape index (κ1) is 13.1. The van der Waals surface area contributed by atoms with E-state index in [2.05, 4.69) is 37.3 Å². The van der Waals surface area contributed by atoms with Gasteiger partial charge >= 0.3 is 0 Å². The Hall–Kier alpha value is -1.96. The fraction of sp³-hybridized carbons (Fsp3) is 0.200. The summed E-state index contributed by atoms with van der Waals surface area (Å²) >= 11 is 0. The number of rotatable bonds is 2. The number of aromatic hydroxyl groups is 1. The number of hydrogen-bond donors (Lipinski definition) is 2. The lowest BCUT2D eigenvalue weighted by molar-refractivity contribution is 0.478. The van der Waals surface area contributed by atoms with Gasteiger partial charge in [0, 0.05) is 0 Å². The highest BCUT2D eigenvalue weighted by atomic mass is 16.3. The number of phenols is 1. The van der Waals surface area contributed by atoms with Gasteiger partial charge < -0.3 is 10.8 Å². The molecule has 3 N–H and O–H groups in total. The molecule has 0 aliphatic carbocycles. The zero-order chi connectivity index (χ0) is 12.5. The van der Waals surface area contributed by atoms with E-state index in [9.17, 15) is 0 Å². The molecular weight excluding hydrogens is 210 g/mol. The van der Waals surface area contributed by atoms with E-state index >= 15 is 0 Å². The summed E-state index contributed by atoms with van der Waals surface area (Å²) in [4.78, 5) is 0. The highest BCUT2D eigenvalue weighted by Crippen LogP contribution is 2.16. The summed E-state index contributed by atoms with van der Waals surface area (Å²) in [6.07, 6.45) is 2.45. The maximum atomic E-state index is 8.79. The Balaban J connectivity index is 0.000000171. The average Bonchev–Trinajstić information content (AvgIpc) is 2.36. The third-order valence-electron chi connectivity index (χ3n) is 2.32. The lowest BCUT2D eigenvalue weighted by Gasteiger charge is -1.93. The van der Waals surface area contributed by atoms with E-state index < -0.39 is 0 Å². The minimum atomic E-state index is 0.146. The number of hydrogen-bond acceptors (Lipinski definition) is 2. The molecule has 0 aliphatic heterocycles. The molecule has 17 heavy (non-hydrogen) atoms. The van der Waals surface area contributed by atoms with Crippen LogP contribution in [-0.4, -0.2) is 5.11 Å². The van der Waals surface area contributed by atoms with Crippen LogP contribution < -0.4 is 5.73 Å². The Morgan fingerprint density at radius 1 is 0.941 bits per heavy atom. The van der Waals surface area contributed by atoms with Gasteiger partial charge in [0.25, 0.3) is 0 Å². The fourth-order valence-corrected chi connectivity index (χ4v) is 1.42. The lowest BCUT2D eigenvalue weighted by atomic mass is 10.1. The molecule has 2 aromatic carbocycles. The summed E-state index contributed by atoms with van der Waals surface area (Å²) in [7, 11) is 0. The van der Waals surface area contributed by atoms with Crippen LogP contribution in [0.25, 0.3) is 0 Å². The van der Waals surface area contributed by atoms with E-state index in [1.165, 1.54) is 18.4 Å². The third kappa shape index (κ3) is 5.07. The number of benzene rings is 2. The van der Waals surface area contributed by atoms with Crippen LogP contribution in [0.5, 0.6) is 5.75 Å². The van der Waals surface area contributed by atoms with Gasteiger partial charge in [0.2, 0.25) is 0 Å². The van der Waals surface area contributed by atoms with Crippen molar-refractivity contribution in [1.82, 2.24) is 0 Å². The molecule has 0 spiro atoms. The minimum absolute atomic E-state index is 0.146. The van der Waals surface area contributed by atoms with Crippen LogP contribution in [0, 0.1) is 0 Å². The number of anilines is 1. The molecule has 0 bridgehead atoms. The maximum Gasteiger partial charge on any atom is 0.138 e. The first-order valence-corrected chi connectivity index (χ1v) is 5.81. The Morgan fingerprint density at radius 2 is 1.53 bits per heavy atom. The minimum Gasteiger partial charge on any atom is -0.506 e. The zero-order valence-corrected chi connectivity index (χ0v) is 10.1. The van der Waals surface area contributed by atoms with Crippen molar-refractivity contribution in [3.63, 3.8) is 0 Å². The van der Waals surface area contributed by atoms with Crippen molar-refractivity contribution < 1.29 is 5.11 Å². The van der Waals surface area contributed by atoms with Gasteiger partial charge in [-0.25, -0.2) is 0 Å². The molecule has 2 heteroatoms. The standard InChI is InChI=1S/C9H12.C6H7NO/c1-2-6-9-7-4-3-5-8-9;7-5-3-1-2-4-6(5)8/h3-5,7-8H,2,6H2,1H3;1-4,8H,7H2. The lowest BCUT2D eigenvalue weighted by Crippen LogP contribution is -1.82. The predicted octanol–water partition coefficient (Wildman–Crippen LogP) is 3.61. The van der Waals surface area contributed by atoms with E-state index in [4.69, 9.17) is 10.8 Å². The topological polar surface area (TPSA) is 46.2 Å². The Morgan fingerprint density at radius 3 is 2.00 bits per heavy atom. The zero-order valence-electron chi connectivity index (χ0n) is 10.1. The van der Waals surface area contributed by atoms with E-state index in [0.29, 0.717) is 5.69 Å². The number of phenolic OH excluding ortho intramolecular Hbond substituents is 1. The summed E-state index contributed by atoms with van der Waals surface area (Å²) in [6.45, 7) is 2.20. The van der Waals surface area contributed by atoms with Gasteiger partial charge in [-0.3, -0.25) is 0 Å². The summed E-state index contributed by atoms with van der Waals surface area (Å²) < 4.78 is 0. The van der Waals surface area contributed by atoms with Crippen LogP contribution in [0.1, 0.15) is 18.9 Å². The van der Waals surface area contributed by atoms with Gasteiger partial charge in [-0.1, -0.05) is 55.8 Å². The third-order valence-corrected chi connectivity index (χ3v) is 2.32. The quantitative estimate of drug-likeness (QED) is 0.610. The molecule has 2 nitrogen and oxygen atoms in total. The van der Waals surface area contributed by atoms with E-state index in [0.717, 1.165) is 0 Å². The van der Waals surface area contributed by atoms with Crippen LogP contribution in [-0.2, 0) is 6.42 Å². The molecular formula is C15H19NO. The van der Waals surface area contributed by atoms with Gasteiger partial charge in [0.15, 0.2) is 0 Å². The molecule has 0 heterocycles. The van der Waals surface area contributed by atoms with Crippen molar-refractivity contribution in [3.8, 4) is 5.75 Å². The molecule has 0 fully saturated rings. The monoisotopic (exact) mass is 229 g/mol. The number of para-hydroxylation sites is 2.